The molecule has 1 fully saturated rings. The Kier molecular flexibility index (Phi) is 3.06. The van der Waals surface area contributed by atoms with Crippen molar-refractivity contribution in [1.82, 2.24) is 0 Å². The summed E-state index contributed by atoms with van der Waals surface area (Å²) >= 11 is 3.93. The summed E-state index contributed by atoms with van der Waals surface area (Å²) in [4.78, 5) is 10.8. The molecular formula is C7H12O2S. The van der Waals surface area contributed by atoms with Crippen molar-refractivity contribution in [3.05, 3.63) is 0 Å². The SMILES string of the molecule is O=C(CCS)OC1CCC1. The molecule has 1 aliphatic carbocycles. The molecule has 0 radical (unpaired) electrons. The van der Waals surface area contributed by atoms with E-state index in [-0.39, 0.29) is 12.1 Å². The fourth-order valence-electron chi connectivity index (χ4n) is 0.825. The lowest BCUT2D eigenvalue weighted by Crippen LogP contribution is -2.25. The zero-order chi connectivity index (χ0) is 7.40. The highest BCUT2D eigenvalue weighted by molar-refractivity contribution is 7.80. The number of ether oxygens (including phenoxy) is 1. The summed E-state index contributed by atoms with van der Waals surface area (Å²) in [5.74, 6) is 0.491. The molecule has 0 spiro atoms. The Balaban J connectivity index is 2.05. The molecule has 1 saturated carbocycles. The second-order valence-electron chi connectivity index (χ2n) is 2.52. The van der Waals surface area contributed by atoms with Gasteiger partial charge >= 0.3 is 5.97 Å². The highest BCUT2D eigenvalue weighted by Crippen LogP contribution is 2.22. The van der Waals surface area contributed by atoms with Crippen molar-refractivity contribution in [2.75, 3.05) is 5.75 Å². The first-order valence-corrected chi connectivity index (χ1v) is 4.26. The Labute approximate surface area is 66.4 Å². The molecule has 0 bridgehead atoms. The van der Waals surface area contributed by atoms with Crippen LogP contribution >= 0.6 is 12.6 Å². The molecule has 0 unspecified atom stereocenters. The predicted molar refractivity (Wildman–Crippen MR) is 42.2 cm³/mol. The normalized spacial score (nSPS) is 18.1. The number of hydrogen-bond donors (Lipinski definition) is 1. The van der Waals surface area contributed by atoms with Gasteiger partial charge in [-0.15, -0.1) is 0 Å². The van der Waals surface area contributed by atoms with Gasteiger partial charge in [0.25, 0.3) is 0 Å². The average molecular weight is 160 g/mol. The zero-order valence-corrected chi connectivity index (χ0v) is 6.77. The van der Waals surface area contributed by atoms with Gasteiger partial charge in [0.05, 0.1) is 6.42 Å². The van der Waals surface area contributed by atoms with Crippen LogP contribution in [0.4, 0.5) is 0 Å². The largest absolute Gasteiger partial charge is 0.462 e. The molecule has 10 heavy (non-hydrogen) atoms. The number of carbonyl (C=O) groups excluding carboxylic acids is 1. The maximum atomic E-state index is 10.8. The number of thiol groups is 1. The Morgan fingerprint density at radius 1 is 1.60 bits per heavy atom. The topological polar surface area (TPSA) is 26.3 Å². The summed E-state index contributed by atoms with van der Waals surface area (Å²) in [6, 6.07) is 0. The Morgan fingerprint density at radius 2 is 2.30 bits per heavy atom. The van der Waals surface area contributed by atoms with Gasteiger partial charge in [-0.25, -0.2) is 0 Å². The number of hydrogen-bond acceptors (Lipinski definition) is 3. The van der Waals surface area contributed by atoms with Crippen molar-refractivity contribution in [3.63, 3.8) is 0 Å². The molecule has 0 aliphatic heterocycles. The van der Waals surface area contributed by atoms with Crippen LogP contribution in [0.15, 0.2) is 0 Å². The molecule has 0 atom stereocenters. The third kappa shape index (κ3) is 2.21. The lowest BCUT2D eigenvalue weighted by atomic mass is 9.96. The maximum absolute atomic E-state index is 10.8. The molecule has 0 N–H and O–H groups in total. The standard InChI is InChI=1S/C7H12O2S/c8-7(4-5-10)9-6-2-1-3-6/h6,10H,1-5H2. The van der Waals surface area contributed by atoms with Gasteiger partial charge in [0, 0.05) is 5.75 Å². The minimum atomic E-state index is -0.0975. The summed E-state index contributed by atoms with van der Waals surface area (Å²) in [6.07, 6.45) is 3.99. The molecule has 0 amide bonds. The van der Waals surface area contributed by atoms with Crippen LogP contribution < -0.4 is 0 Å². The van der Waals surface area contributed by atoms with Gasteiger partial charge in [0.15, 0.2) is 0 Å². The van der Waals surface area contributed by atoms with E-state index in [0.29, 0.717) is 12.2 Å². The smallest absolute Gasteiger partial charge is 0.306 e. The van der Waals surface area contributed by atoms with E-state index in [4.69, 9.17) is 4.74 Å². The summed E-state index contributed by atoms with van der Waals surface area (Å²) < 4.78 is 5.04. The average Bonchev–Trinajstić information content (AvgIpc) is 1.80. The molecule has 58 valence electrons. The molecule has 0 aromatic carbocycles. The fourth-order valence-corrected chi connectivity index (χ4v) is 1.01. The molecule has 2 nitrogen and oxygen atoms in total. The molecule has 0 aromatic rings. The first kappa shape index (κ1) is 7.92. The van der Waals surface area contributed by atoms with E-state index in [2.05, 4.69) is 12.6 Å². The third-order valence-electron chi connectivity index (χ3n) is 1.67. The highest BCUT2D eigenvalue weighted by atomic mass is 32.1. The molecule has 0 aromatic heterocycles. The van der Waals surface area contributed by atoms with E-state index in [9.17, 15) is 4.79 Å². The van der Waals surface area contributed by atoms with Gasteiger partial charge in [-0.2, -0.15) is 12.6 Å². The van der Waals surface area contributed by atoms with E-state index in [1.807, 2.05) is 0 Å². The highest BCUT2D eigenvalue weighted by Gasteiger charge is 2.20. The van der Waals surface area contributed by atoms with Crippen LogP contribution in [0.2, 0.25) is 0 Å². The second kappa shape index (κ2) is 3.86. The quantitative estimate of drug-likeness (QED) is 0.499. The van der Waals surface area contributed by atoms with E-state index in [1.165, 1.54) is 6.42 Å². The van der Waals surface area contributed by atoms with Crippen LogP contribution in [0.5, 0.6) is 0 Å². The molecule has 3 heteroatoms. The van der Waals surface area contributed by atoms with Gasteiger partial charge in [0.2, 0.25) is 0 Å². The van der Waals surface area contributed by atoms with E-state index < -0.39 is 0 Å². The molecule has 0 saturated heterocycles. The first-order chi connectivity index (χ1) is 4.83. The van der Waals surface area contributed by atoms with E-state index >= 15 is 0 Å². The molecular weight excluding hydrogens is 148 g/mol. The minimum Gasteiger partial charge on any atom is -0.462 e. The van der Waals surface area contributed by atoms with Crippen molar-refractivity contribution < 1.29 is 9.53 Å². The summed E-state index contributed by atoms with van der Waals surface area (Å²) in [5.41, 5.74) is 0. The van der Waals surface area contributed by atoms with Crippen LogP contribution in [-0.4, -0.2) is 17.8 Å². The first-order valence-electron chi connectivity index (χ1n) is 3.63. The summed E-state index contributed by atoms with van der Waals surface area (Å²) in [5, 5.41) is 0. The van der Waals surface area contributed by atoms with Crippen molar-refractivity contribution in [3.8, 4) is 0 Å². The van der Waals surface area contributed by atoms with Gasteiger partial charge in [-0.3, -0.25) is 4.79 Å². The van der Waals surface area contributed by atoms with E-state index in [1.54, 1.807) is 0 Å². The zero-order valence-electron chi connectivity index (χ0n) is 5.88. The monoisotopic (exact) mass is 160 g/mol. The van der Waals surface area contributed by atoms with Crippen LogP contribution in [0.3, 0.4) is 0 Å². The lowest BCUT2D eigenvalue weighted by Gasteiger charge is -2.24. The lowest BCUT2D eigenvalue weighted by molar-refractivity contribution is -0.152. The van der Waals surface area contributed by atoms with Gasteiger partial charge in [0.1, 0.15) is 6.10 Å². The number of rotatable bonds is 3. The van der Waals surface area contributed by atoms with Crippen molar-refractivity contribution >= 4 is 18.6 Å². The van der Waals surface area contributed by atoms with Crippen LogP contribution in [0, 0.1) is 0 Å². The Bertz CT molecular complexity index is 121. The van der Waals surface area contributed by atoms with Crippen molar-refractivity contribution in [2.45, 2.75) is 31.8 Å². The van der Waals surface area contributed by atoms with Crippen molar-refractivity contribution in [1.29, 1.82) is 0 Å². The van der Waals surface area contributed by atoms with Gasteiger partial charge in [-0.1, -0.05) is 0 Å². The fraction of sp³-hybridized carbons (Fsp3) is 0.857. The second-order valence-corrected chi connectivity index (χ2v) is 2.96. The van der Waals surface area contributed by atoms with Crippen molar-refractivity contribution in [2.24, 2.45) is 0 Å². The maximum Gasteiger partial charge on any atom is 0.306 e. The van der Waals surface area contributed by atoms with E-state index in [0.717, 1.165) is 12.8 Å². The Hall–Kier alpha value is -0.180. The van der Waals surface area contributed by atoms with Gasteiger partial charge < -0.3 is 4.74 Å². The summed E-state index contributed by atoms with van der Waals surface area (Å²) in [6.45, 7) is 0. The van der Waals surface area contributed by atoms with Gasteiger partial charge in [-0.05, 0) is 19.3 Å². The van der Waals surface area contributed by atoms with Crippen LogP contribution in [-0.2, 0) is 9.53 Å². The number of esters is 1. The molecule has 0 heterocycles. The predicted octanol–water partition coefficient (Wildman–Crippen LogP) is 1.40. The van der Waals surface area contributed by atoms with Crippen LogP contribution in [0.1, 0.15) is 25.7 Å². The molecule has 1 aliphatic rings. The van der Waals surface area contributed by atoms with Crippen LogP contribution in [0.25, 0.3) is 0 Å². The summed E-state index contributed by atoms with van der Waals surface area (Å²) in [7, 11) is 0. The third-order valence-corrected chi connectivity index (χ3v) is 1.89. The number of carbonyl (C=O) groups is 1. The molecule has 1 rings (SSSR count). The minimum absolute atomic E-state index is 0.0975. The Morgan fingerprint density at radius 3 is 2.70 bits per heavy atom.